The van der Waals surface area contributed by atoms with Crippen molar-refractivity contribution in [1.82, 2.24) is 0 Å². The molecule has 3 aromatic rings. The Balaban J connectivity index is 1.60. The van der Waals surface area contributed by atoms with Crippen molar-refractivity contribution in [3.05, 3.63) is 120 Å². The summed E-state index contributed by atoms with van der Waals surface area (Å²) in [5.41, 5.74) is 0.800. The molecule has 0 saturated carbocycles. The van der Waals surface area contributed by atoms with Crippen LogP contribution in [0.25, 0.3) is 0 Å². The number of rotatable bonds is 10. The fourth-order valence-corrected chi connectivity index (χ4v) is 4.01. The summed E-state index contributed by atoms with van der Waals surface area (Å²) in [6, 6.07) is 24.7. The van der Waals surface area contributed by atoms with Crippen LogP contribution in [-0.4, -0.2) is 66.9 Å². The van der Waals surface area contributed by atoms with E-state index < -0.39 is 48.6 Å². The van der Waals surface area contributed by atoms with E-state index in [9.17, 15) is 19.5 Å². The highest BCUT2D eigenvalue weighted by molar-refractivity contribution is 5.90. The molecule has 0 spiro atoms. The second kappa shape index (κ2) is 13.5. The third-order valence-corrected chi connectivity index (χ3v) is 5.91. The van der Waals surface area contributed by atoms with Crippen molar-refractivity contribution in [3.8, 4) is 0 Å². The summed E-state index contributed by atoms with van der Waals surface area (Å²) in [7, 11) is 0. The van der Waals surface area contributed by atoms with Gasteiger partial charge in [0, 0.05) is 0 Å². The van der Waals surface area contributed by atoms with Gasteiger partial charge in [0.15, 0.2) is 18.5 Å². The van der Waals surface area contributed by atoms with Gasteiger partial charge in [-0.2, -0.15) is 0 Å². The highest BCUT2D eigenvalue weighted by Crippen LogP contribution is 2.29. The van der Waals surface area contributed by atoms with Gasteiger partial charge >= 0.3 is 17.9 Å². The molecule has 39 heavy (non-hydrogen) atoms. The van der Waals surface area contributed by atoms with Crippen molar-refractivity contribution in [2.45, 2.75) is 30.7 Å². The Morgan fingerprint density at radius 1 is 0.718 bits per heavy atom. The maximum Gasteiger partial charge on any atom is 0.338 e. The molecule has 1 fully saturated rings. The van der Waals surface area contributed by atoms with Gasteiger partial charge in [-0.25, -0.2) is 14.4 Å². The third kappa shape index (κ3) is 7.17. The van der Waals surface area contributed by atoms with Gasteiger partial charge in [0.1, 0.15) is 18.8 Å². The quantitative estimate of drug-likeness (QED) is 0.237. The molecule has 1 saturated heterocycles. The van der Waals surface area contributed by atoms with Gasteiger partial charge in [-0.1, -0.05) is 60.7 Å². The molecule has 1 aliphatic rings. The Morgan fingerprint density at radius 2 is 1.18 bits per heavy atom. The molecule has 0 radical (unpaired) electrons. The fourth-order valence-electron chi connectivity index (χ4n) is 4.01. The Bertz CT molecular complexity index is 1250. The van der Waals surface area contributed by atoms with Crippen LogP contribution in [0.15, 0.2) is 104 Å². The molecule has 5 atom stereocenters. The molecule has 9 nitrogen and oxygen atoms in total. The lowest BCUT2D eigenvalue weighted by Crippen LogP contribution is -2.62. The third-order valence-electron chi connectivity index (χ3n) is 5.91. The molecule has 9 heteroatoms. The maximum atomic E-state index is 13.0. The molecule has 1 aliphatic heterocycles. The van der Waals surface area contributed by atoms with Crippen molar-refractivity contribution in [1.29, 1.82) is 0 Å². The molecule has 0 unspecified atom stereocenters. The standard InChI is InChI=1S/C30H28O9/c1-2-18-35-25-24(38-28(32)21-14-8-4-9-15-21)23(19-36-27(31)20-12-6-3-7-13-20)37-30(34)26(25)39-29(33)22-16-10-5-11-17-22/h2-17,23-26,30,34H,1,18-19H2/t23-,24+,25+,26-,30+/m1/s1. The zero-order valence-corrected chi connectivity index (χ0v) is 21.0. The van der Waals surface area contributed by atoms with E-state index >= 15 is 0 Å². The number of aliphatic hydroxyl groups excluding tert-OH is 1. The molecule has 0 aliphatic carbocycles. The lowest BCUT2D eigenvalue weighted by Gasteiger charge is -2.43. The van der Waals surface area contributed by atoms with Gasteiger partial charge in [-0.05, 0) is 36.4 Å². The number of carbonyl (C=O) groups is 3. The summed E-state index contributed by atoms with van der Waals surface area (Å²) in [6.07, 6.45) is -5.18. The summed E-state index contributed by atoms with van der Waals surface area (Å²) < 4.78 is 28.4. The van der Waals surface area contributed by atoms with Crippen molar-refractivity contribution < 1.29 is 43.2 Å². The Hall–Kier alpha value is -4.31. The lowest BCUT2D eigenvalue weighted by molar-refractivity contribution is -0.291. The van der Waals surface area contributed by atoms with Crippen LogP contribution in [0.4, 0.5) is 0 Å². The van der Waals surface area contributed by atoms with Crippen LogP contribution >= 0.6 is 0 Å². The van der Waals surface area contributed by atoms with Gasteiger partial charge in [-0.3, -0.25) is 0 Å². The highest BCUT2D eigenvalue weighted by atomic mass is 16.7. The molecule has 0 bridgehead atoms. The minimum Gasteiger partial charge on any atom is -0.459 e. The first-order valence-electron chi connectivity index (χ1n) is 12.3. The van der Waals surface area contributed by atoms with Crippen LogP contribution < -0.4 is 0 Å². The lowest BCUT2D eigenvalue weighted by atomic mass is 9.98. The second-order valence-electron chi connectivity index (χ2n) is 8.59. The van der Waals surface area contributed by atoms with Crippen molar-refractivity contribution in [3.63, 3.8) is 0 Å². The van der Waals surface area contributed by atoms with Gasteiger partial charge < -0.3 is 28.8 Å². The average molecular weight is 533 g/mol. The maximum absolute atomic E-state index is 13.0. The van der Waals surface area contributed by atoms with E-state index in [0.29, 0.717) is 5.56 Å². The number of benzene rings is 3. The van der Waals surface area contributed by atoms with Gasteiger partial charge in [0.25, 0.3) is 0 Å². The number of hydrogen-bond donors (Lipinski definition) is 1. The zero-order chi connectivity index (χ0) is 27.6. The van der Waals surface area contributed by atoms with Crippen molar-refractivity contribution in [2.24, 2.45) is 0 Å². The summed E-state index contributed by atoms with van der Waals surface area (Å²) >= 11 is 0. The molecule has 1 N–H and O–H groups in total. The van der Waals surface area contributed by atoms with Crippen LogP contribution in [0.5, 0.6) is 0 Å². The molecule has 202 valence electrons. The van der Waals surface area contributed by atoms with Gasteiger partial charge in [0.05, 0.1) is 23.3 Å². The summed E-state index contributed by atoms with van der Waals surface area (Å²) in [5, 5.41) is 10.9. The van der Waals surface area contributed by atoms with Crippen molar-refractivity contribution >= 4 is 17.9 Å². The number of carbonyl (C=O) groups excluding carboxylic acids is 3. The molecule has 0 amide bonds. The first-order chi connectivity index (χ1) is 19.0. The molecular weight excluding hydrogens is 504 g/mol. The zero-order valence-electron chi connectivity index (χ0n) is 21.0. The van der Waals surface area contributed by atoms with Crippen LogP contribution in [0.1, 0.15) is 31.1 Å². The molecular formula is C30H28O9. The highest BCUT2D eigenvalue weighted by Gasteiger charge is 2.51. The van der Waals surface area contributed by atoms with E-state index in [0.717, 1.165) is 0 Å². The van der Waals surface area contributed by atoms with E-state index in [1.54, 1.807) is 91.0 Å². The smallest absolute Gasteiger partial charge is 0.338 e. The van der Waals surface area contributed by atoms with Crippen LogP contribution in [0.2, 0.25) is 0 Å². The summed E-state index contributed by atoms with van der Waals surface area (Å²) in [4.78, 5) is 38.5. The normalized spacial score (nSPS) is 22.3. The Morgan fingerprint density at radius 3 is 1.67 bits per heavy atom. The van der Waals surface area contributed by atoms with E-state index in [1.807, 2.05) is 0 Å². The second-order valence-corrected chi connectivity index (χ2v) is 8.59. The fraction of sp³-hybridized carbons (Fsp3) is 0.233. The van der Waals surface area contributed by atoms with Crippen LogP contribution in [-0.2, 0) is 23.7 Å². The minimum atomic E-state index is -1.68. The SMILES string of the molecule is C=CCO[C@@H]1[C@@H](OC(=O)c2ccccc2)[C@@H](O)O[C@H](COC(=O)c2ccccc2)[C@@H]1OC(=O)c1ccccc1. The van der Waals surface area contributed by atoms with Crippen LogP contribution in [0, 0.1) is 0 Å². The first-order valence-corrected chi connectivity index (χ1v) is 12.3. The largest absolute Gasteiger partial charge is 0.459 e. The van der Waals surface area contributed by atoms with Crippen molar-refractivity contribution in [2.75, 3.05) is 13.2 Å². The minimum absolute atomic E-state index is 0.0211. The Kier molecular flexibility index (Phi) is 9.58. The molecule has 4 rings (SSSR count). The van der Waals surface area contributed by atoms with E-state index in [-0.39, 0.29) is 24.3 Å². The average Bonchev–Trinajstić information content (AvgIpc) is 2.98. The van der Waals surface area contributed by atoms with Gasteiger partial charge in [-0.15, -0.1) is 6.58 Å². The first kappa shape index (κ1) is 27.7. The number of hydrogen-bond acceptors (Lipinski definition) is 9. The van der Waals surface area contributed by atoms with Crippen LogP contribution in [0.3, 0.4) is 0 Å². The summed E-state index contributed by atoms with van der Waals surface area (Å²) in [6.45, 7) is 3.23. The molecule has 3 aromatic carbocycles. The number of esters is 3. The Labute approximate surface area is 225 Å². The van der Waals surface area contributed by atoms with Gasteiger partial charge in [0.2, 0.25) is 0 Å². The monoisotopic (exact) mass is 532 g/mol. The number of ether oxygens (including phenoxy) is 5. The van der Waals surface area contributed by atoms with E-state index in [2.05, 4.69) is 6.58 Å². The number of aliphatic hydroxyl groups is 1. The molecule has 0 aromatic heterocycles. The van der Waals surface area contributed by atoms with E-state index in [1.165, 1.54) is 6.08 Å². The topological polar surface area (TPSA) is 118 Å². The predicted molar refractivity (Wildman–Crippen MR) is 139 cm³/mol. The van der Waals surface area contributed by atoms with E-state index in [4.69, 9.17) is 23.7 Å². The predicted octanol–water partition coefficient (Wildman–Crippen LogP) is 3.58. The molecule has 1 heterocycles. The summed E-state index contributed by atoms with van der Waals surface area (Å²) in [5.74, 6) is -2.08.